The van der Waals surface area contributed by atoms with E-state index in [0.29, 0.717) is 6.04 Å². The largest absolute Gasteiger partial charge is 0.338 e. The van der Waals surface area contributed by atoms with Gasteiger partial charge in [-0.25, -0.2) is 4.98 Å². The summed E-state index contributed by atoms with van der Waals surface area (Å²) in [5.41, 5.74) is 3.98. The number of likely N-dealkylation sites (tertiary alicyclic amines) is 1. The summed E-state index contributed by atoms with van der Waals surface area (Å²) in [7, 11) is 1.95. The third kappa shape index (κ3) is 3.92. The highest BCUT2D eigenvalue weighted by Crippen LogP contribution is 2.28. The molecule has 1 saturated heterocycles. The van der Waals surface area contributed by atoms with E-state index >= 15 is 0 Å². The maximum atomic E-state index is 12.8. The predicted octanol–water partition coefficient (Wildman–Crippen LogP) is 4.40. The highest BCUT2D eigenvalue weighted by atomic mass is 32.1. The van der Waals surface area contributed by atoms with E-state index in [0.717, 1.165) is 54.0 Å². The van der Waals surface area contributed by atoms with Crippen LogP contribution in [0.1, 0.15) is 29.0 Å². The second-order valence-corrected chi connectivity index (χ2v) is 9.49. The van der Waals surface area contributed by atoms with Crippen LogP contribution >= 0.6 is 11.3 Å². The fourth-order valence-electron chi connectivity index (χ4n) is 4.83. The van der Waals surface area contributed by atoms with Gasteiger partial charge in [0.2, 0.25) is 5.91 Å². The Morgan fingerprint density at radius 3 is 2.63 bits per heavy atom. The fourth-order valence-corrected chi connectivity index (χ4v) is 5.70. The molecule has 0 spiro atoms. The Hall–Kier alpha value is -2.50. The van der Waals surface area contributed by atoms with Crippen molar-refractivity contribution >= 4 is 33.5 Å². The first kappa shape index (κ1) is 19.5. The number of carbonyl (C=O) groups is 1. The maximum Gasteiger partial charge on any atom is 0.246 e. The van der Waals surface area contributed by atoms with Crippen molar-refractivity contribution in [1.29, 1.82) is 0 Å². The summed E-state index contributed by atoms with van der Waals surface area (Å²) >= 11 is 1.62. The lowest BCUT2D eigenvalue weighted by Gasteiger charge is -2.40. The molecular weight excluding hydrogens is 390 g/mol. The minimum atomic E-state index is 0.0656. The summed E-state index contributed by atoms with van der Waals surface area (Å²) in [6.45, 7) is 2.11. The van der Waals surface area contributed by atoms with Crippen molar-refractivity contribution in [3.8, 4) is 0 Å². The Morgan fingerprint density at radius 2 is 1.87 bits per heavy atom. The smallest absolute Gasteiger partial charge is 0.246 e. The molecular formula is C25H27N3OS. The van der Waals surface area contributed by atoms with E-state index < -0.39 is 0 Å². The van der Waals surface area contributed by atoms with Crippen molar-refractivity contribution in [3.05, 3.63) is 70.7 Å². The molecule has 2 aromatic carbocycles. The molecule has 1 aliphatic heterocycles. The average Bonchev–Trinajstić information content (AvgIpc) is 3.40. The number of nitrogens with zero attached hydrogens (tertiary/aromatic N) is 3. The Morgan fingerprint density at radius 1 is 1.13 bits per heavy atom. The van der Waals surface area contributed by atoms with E-state index in [2.05, 4.69) is 40.2 Å². The number of hydrogen-bond acceptors (Lipinski definition) is 4. The van der Waals surface area contributed by atoms with Crippen LogP contribution < -0.4 is 0 Å². The van der Waals surface area contributed by atoms with Crippen LogP contribution in [0.3, 0.4) is 0 Å². The number of benzene rings is 2. The van der Waals surface area contributed by atoms with Crippen LogP contribution in [0.25, 0.3) is 16.3 Å². The van der Waals surface area contributed by atoms with Crippen molar-refractivity contribution in [2.45, 2.75) is 37.8 Å². The number of piperidine rings is 1. The zero-order chi connectivity index (χ0) is 20.5. The van der Waals surface area contributed by atoms with Gasteiger partial charge in [-0.3, -0.25) is 9.69 Å². The lowest BCUT2D eigenvalue weighted by Crippen LogP contribution is -2.51. The minimum absolute atomic E-state index is 0.0656. The molecule has 0 N–H and O–H groups in total. The highest BCUT2D eigenvalue weighted by molar-refractivity contribution is 7.19. The highest BCUT2D eigenvalue weighted by Gasteiger charge is 2.32. The van der Waals surface area contributed by atoms with E-state index in [-0.39, 0.29) is 11.9 Å². The normalized spacial score (nSPS) is 20.1. The standard InChI is InChI=1S/C25H27N3OS/c1-27(25(29)13-12-24-26-22-10-4-5-11-23(22)30-24)20-9-6-14-28(17-20)21-15-18-7-2-3-8-19(18)16-21/h2-5,7-8,10-13,20-21H,6,9,14-17H2,1H3/b13-12+. The molecule has 3 aromatic rings. The molecule has 1 aromatic heterocycles. The second kappa shape index (κ2) is 8.32. The van der Waals surface area contributed by atoms with E-state index in [1.54, 1.807) is 17.4 Å². The quantitative estimate of drug-likeness (QED) is 0.591. The van der Waals surface area contributed by atoms with Crippen LogP contribution in [0.4, 0.5) is 0 Å². The number of hydrogen-bond donors (Lipinski definition) is 0. The third-order valence-corrected chi connectivity index (χ3v) is 7.55. The van der Waals surface area contributed by atoms with E-state index in [9.17, 15) is 4.79 Å². The molecule has 1 aliphatic carbocycles. The van der Waals surface area contributed by atoms with Crippen molar-refractivity contribution in [2.75, 3.05) is 20.1 Å². The second-order valence-electron chi connectivity index (χ2n) is 8.42. The van der Waals surface area contributed by atoms with Gasteiger partial charge in [-0.05, 0) is 61.6 Å². The molecule has 154 valence electrons. The van der Waals surface area contributed by atoms with Crippen LogP contribution in [-0.4, -0.2) is 52.9 Å². The average molecular weight is 418 g/mol. The third-order valence-electron chi connectivity index (χ3n) is 6.55. The Balaban J connectivity index is 1.22. The first-order valence-electron chi connectivity index (χ1n) is 10.8. The number of thiazole rings is 1. The van der Waals surface area contributed by atoms with Gasteiger partial charge >= 0.3 is 0 Å². The Bertz CT molecular complexity index is 1030. The van der Waals surface area contributed by atoms with Gasteiger partial charge in [-0.15, -0.1) is 11.3 Å². The van der Waals surface area contributed by atoms with Gasteiger partial charge < -0.3 is 4.90 Å². The van der Waals surface area contributed by atoms with Crippen molar-refractivity contribution in [3.63, 3.8) is 0 Å². The van der Waals surface area contributed by atoms with Crippen LogP contribution in [-0.2, 0) is 17.6 Å². The molecule has 0 bridgehead atoms. The molecule has 5 rings (SSSR count). The SMILES string of the molecule is CN(C(=O)/C=C/c1nc2ccccc2s1)C1CCCN(C2Cc3ccccc3C2)C1. The topological polar surface area (TPSA) is 36.4 Å². The molecule has 2 aliphatic rings. The minimum Gasteiger partial charge on any atom is -0.338 e. The first-order chi connectivity index (χ1) is 14.7. The maximum absolute atomic E-state index is 12.8. The molecule has 1 amide bonds. The van der Waals surface area contributed by atoms with Crippen molar-refractivity contribution < 1.29 is 4.79 Å². The van der Waals surface area contributed by atoms with Gasteiger partial charge in [0, 0.05) is 31.8 Å². The summed E-state index contributed by atoms with van der Waals surface area (Å²) in [6, 6.07) is 17.7. The number of aromatic nitrogens is 1. The molecule has 0 radical (unpaired) electrons. The molecule has 5 heteroatoms. The van der Waals surface area contributed by atoms with Crippen molar-refractivity contribution in [2.24, 2.45) is 0 Å². The van der Waals surface area contributed by atoms with E-state index in [1.807, 2.05) is 36.2 Å². The summed E-state index contributed by atoms with van der Waals surface area (Å²) in [6.07, 6.45) is 8.04. The summed E-state index contributed by atoms with van der Waals surface area (Å²) < 4.78 is 1.15. The van der Waals surface area contributed by atoms with Gasteiger partial charge in [-0.1, -0.05) is 36.4 Å². The van der Waals surface area contributed by atoms with Crippen LogP contribution in [0.2, 0.25) is 0 Å². The van der Waals surface area contributed by atoms with E-state index in [1.165, 1.54) is 11.1 Å². The van der Waals surface area contributed by atoms with Crippen LogP contribution in [0, 0.1) is 0 Å². The number of rotatable bonds is 4. The lowest BCUT2D eigenvalue weighted by molar-refractivity contribution is -0.127. The molecule has 1 unspecified atom stereocenters. The van der Waals surface area contributed by atoms with Gasteiger partial charge in [0.1, 0.15) is 5.01 Å². The van der Waals surface area contributed by atoms with Gasteiger partial charge in [-0.2, -0.15) is 0 Å². The Labute approximate surface area is 181 Å². The van der Waals surface area contributed by atoms with Crippen molar-refractivity contribution in [1.82, 2.24) is 14.8 Å². The lowest BCUT2D eigenvalue weighted by atomic mass is 10.0. The molecule has 0 saturated carbocycles. The van der Waals surface area contributed by atoms with E-state index in [4.69, 9.17) is 0 Å². The Kier molecular flexibility index (Phi) is 5.40. The van der Waals surface area contributed by atoms with Gasteiger partial charge in [0.05, 0.1) is 10.2 Å². The number of likely N-dealkylation sites (N-methyl/N-ethyl adjacent to an activating group) is 1. The predicted molar refractivity (Wildman–Crippen MR) is 124 cm³/mol. The molecule has 2 heterocycles. The van der Waals surface area contributed by atoms with Gasteiger partial charge in [0.25, 0.3) is 0 Å². The number of para-hydroxylation sites is 1. The molecule has 1 fully saturated rings. The number of fused-ring (bicyclic) bond motifs is 2. The zero-order valence-electron chi connectivity index (χ0n) is 17.3. The molecule has 1 atom stereocenters. The fraction of sp³-hybridized carbons (Fsp3) is 0.360. The molecule has 4 nitrogen and oxygen atoms in total. The first-order valence-corrected chi connectivity index (χ1v) is 11.6. The summed E-state index contributed by atoms with van der Waals surface area (Å²) in [4.78, 5) is 22.0. The summed E-state index contributed by atoms with van der Waals surface area (Å²) in [5.74, 6) is 0.0656. The zero-order valence-corrected chi connectivity index (χ0v) is 18.1. The number of amides is 1. The molecule has 30 heavy (non-hydrogen) atoms. The van der Waals surface area contributed by atoms with Crippen LogP contribution in [0.5, 0.6) is 0 Å². The van der Waals surface area contributed by atoms with Crippen LogP contribution in [0.15, 0.2) is 54.6 Å². The monoisotopic (exact) mass is 417 g/mol. The number of carbonyl (C=O) groups excluding carboxylic acids is 1. The summed E-state index contributed by atoms with van der Waals surface area (Å²) in [5, 5.41) is 0.881. The van der Waals surface area contributed by atoms with Gasteiger partial charge in [0.15, 0.2) is 0 Å².